The molecular weight excluding hydrogens is 494 g/mol. The van der Waals surface area contributed by atoms with Crippen molar-refractivity contribution in [2.75, 3.05) is 25.5 Å². The summed E-state index contributed by atoms with van der Waals surface area (Å²) in [6.45, 7) is 4.59. The van der Waals surface area contributed by atoms with Crippen molar-refractivity contribution >= 4 is 28.7 Å². The van der Waals surface area contributed by atoms with Gasteiger partial charge in [0.25, 0.3) is 5.91 Å². The minimum atomic E-state index is -0.251. The third kappa shape index (κ3) is 6.10. The van der Waals surface area contributed by atoms with Crippen LogP contribution in [-0.2, 0) is 13.0 Å². The van der Waals surface area contributed by atoms with Gasteiger partial charge in [0.15, 0.2) is 0 Å². The average molecular weight is 528 g/mol. The van der Waals surface area contributed by atoms with Crippen LogP contribution in [0.1, 0.15) is 41.3 Å². The molecule has 0 unspecified atom stereocenters. The van der Waals surface area contributed by atoms with E-state index < -0.39 is 0 Å². The maximum absolute atomic E-state index is 12.9. The van der Waals surface area contributed by atoms with Crippen molar-refractivity contribution in [2.24, 2.45) is 0 Å². The van der Waals surface area contributed by atoms with E-state index in [4.69, 9.17) is 4.74 Å². The molecule has 1 aliphatic heterocycles. The van der Waals surface area contributed by atoms with Crippen LogP contribution in [0.2, 0.25) is 0 Å². The first kappa shape index (κ1) is 26.4. The van der Waals surface area contributed by atoms with Gasteiger partial charge in [-0.15, -0.1) is 0 Å². The van der Waals surface area contributed by atoms with Gasteiger partial charge in [-0.3, -0.25) is 14.3 Å². The highest BCUT2D eigenvalue weighted by atomic mass is 16.5. The monoisotopic (exact) mass is 527 g/mol. The normalized spacial score (nSPS) is 14.3. The summed E-state index contributed by atoms with van der Waals surface area (Å²) >= 11 is 0. The summed E-state index contributed by atoms with van der Waals surface area (Å²) in [5, 5.41) is 16.1. The molecule has 3 heterocycles. The zero-order valence-electron chi connectivity index (χ0n) is 22.2. The van der Waals surface area contributed by atoms with Crippen LogP contribution in [0.25, 0.3) is 10.9 Å². The Labute approximate surface area is 227 Å². The minimum Gasteiger partial charge on any atom is -0.457 e. The van der Waals surface area contributed by atoms with Crippen LogP contribution >= 0.6 is 0 Å². The number of aryl methyl sites for hydroxylation is 1. The van der Waals surface area contributed by atoms with E-state index in [-0.39, 0.29) is 18.0 Å². The molecule has 0 radical (unpaired) electrons. The molecule has 4 aromatic rings. The van der Waals surface area contributed by atoms with Crippen molar-refractivity contribution in [1.29, 1.82) is 0 Å². The van der Waals surface area contributed by atoms with E-state index in [2.05, 4.69) is 20.5 Å². The van der Waals surface area contributed by atoms with Gasteiger partial charge >= 0.3 is 6.03 Å². The first-order chi connectivity index (χ1) is 18.9. The van der Waals surface area contributed by atoms with E-state index in [9.17, 15) is 14.7 Å². The number of benzene rings is 2. The number of nitrogens with one attached hydrogen (secondary N) is 2. The highest BCUT2D eigenvalue weighted by molar-refractivity contribution is 6.03. The van der Waals surface area contributed by atoms with Gasteiger partial charge < -0.3 is 20.5 Å². The summed E-state index contributed by atoms with van der Waals surface area (Å²) < 4.78 is 7.78. The van der Waals surface area contributed by atoms with Crippen LogP contribution in [0.3, 0.4) is 0 Å². The molecule has 1 fully saturated rings. The number of nitrogens with zero attached hydrogens (tertiary/aromatic N) is 3. The summed E-state index contributed by atoms with van der Waals surface area (Å²) in [7, 11) is 1.60. The van der Waals surface area contributed by atoms with Crippen molar-refractivity contribution in [3.8, 4) is 11.5 Å². The number of ether oxygens (including phenoxy) is 1. The van der Waals surface area contributed by atoms with Gasteiger partial charge in [0.05, 0.1) is 11.6 Å². The lowest BCUT2D eigenvalue weighted by Crippen LogP contribution is -2.35. The molecule has 202 valence electrons. The molecule has 0 aliphatic carbocycles. The van der Waals surface area contributed by atoms with Crippen LogP contribution in [0, 0.1) is 0 Å². The molecule has 3 N–H and O–H groups in total. The molecule has 1 saturated heterocycles. The van der Waals surface area contributed by atoms with Crippen molar-refractivity contribution in [3.05, 3.63) is 83.7 Å². The van der Waals surface area contributed by atoms with Crippen LogP contribution in [0.15, 0.2) is 67.0 Å². The zero-order valence-corrected chi connectivity index (χ0v) is 22.2. The highest BCUT2D eigenvalue weighted by Crippen LogP contribution is 2.32. The van der Waals surface area contributed by atoms with Crippen LogP contribution in [-0.4, -0.2) is 57.7 Å². The Balaban J connectivity index is 1.26. The van der Waals surface area contributed by atoms with Crippen molar-refractivity contribution < 1.29 is 19.4 Å². The predicted octanol–water partition coefficient (Wildman–Crippen LogP) is 4.79. The van der Waals surface area contributed by atoms with E-state index >= 15 is 0 Å². The lowest BCUT2D eigenvalue weighted by molar-refractivity contribution is 0.0792. The van der Waals surface area contributed by atoms with E-state index in [0.717, 1.165) is 54.5 Å². The number of hydrogen-bond donors (Lipinski definition) is 3. The number of rotatable bonds is 7. The van der Waals surface area contributed by atoms with Gasteiger partial charge in [0.1, 0.15) is 17.3 Å². The van der Waals surface area contributed by atoms with E-state index in [1.807, 2.05) is 49.4 Å². The molecule has 0 bridgehead atoms. The summed E-state index contributed by atoms with van der Waals surface area (Å²) in [6, 6.07) is 16.5. The molecule has 2 aromatic carbocycles. The second kappa shape index (κ2) is 11.7. The number of fused-ring (bicyclic) bond motifs is 1. The molecule has 9 nitrogen and oxygen atoms in total. The van der Waals surface area contributed by atoms with Gasteiger partial charge in [0, 0.05) is 56.1 Å². The van der Waals surface area contributed by atoms with Crippen molar-refractivity contribution in [1.82, 2.24) is 19.8 Å². The van der Waals surface area contributed by atoms with Crippen LogP contribution < -0.4 is 15.4 Å². The maximum Gasteiger partial charge on any atom is 0.325 e. The summed E-state index contributed by atoms with van der Waals surface area (Å²) in [5.41, 5.74) is 3.43. The fraction of sp³-hybridized carbons (Fsp3) is 0.300. The molecule has 5 rings (SSSR count). The Morgan fingerprint density at radius 2 is 1.85 bits per heavy atom. The van der Waals surface area contributed by atoms with Gasteiger partial charge in [0.2, 0.25) is 0 Å². The van der Waals surface area contributed by atoms with Crippen LogP contribution in [0.4, 0.5) is 10.6 Å². The second-order valence-electron chi connectivity index (χ2n) is 9.75. The first-order valence-corrected chi connectivity index (χ1v) is 13.2. The Morgan fingerprint density at radius 1 is 1.08 bits per heavy atom. The molecule has 2 amide bonds. The molecule has 2 aromatic heterocycles. The standard InChI is InChI=1S/C30H33N5O4/c1-3-21-16-26-23(9-15-35(26)30(38)31-2)17-27(21)39-25-8-12-32-28(18-25)33-29(37)22-6-4-20(5-7-22)19-34-13-10-24(36)11-14-34/h4-9,12,15-18,24,36H,3,10-11,13-14,19H2,1-2H3,(H,31,38)(H,32,33,37). The number of piperidine rings is 1. The minimum absolute atomic E-state index is 0.190. The van der Waals surface area contributed by atoms with E-state index in [0.29, 0.717) is 29.3 Å². The SMILES string of the molecule is CCc1cc2c(ccn2C(=O)NC)cc1Oc1ccnc(NC(=O)c2ccc(CN3CCC(O)CC3)cc2)c1. The highest BCUT2D eigenvalue weighted by Gasteiger charge is 2.17. The number of aliphatic hydroxyl groups excluding tert-OH is 1. The summed E-state index contributed by atoms with van der Waals surface area (Å²) in [5.74, 6) is 1.36. The zero-order chi connectivity index (χ0) is 27.4. The summed E-state index contributed by atoms with van der Waals surface area (Å²) in [6.07, 6.45) is 5.46. The number of hydrogen-bond acceptors (Lipinski definition) is 6. The number of carbonyl (C=O) groups excluding carboxylic acids is 2. The Bertz CT molecular complexity index is 1470. The van der Waals surface area contributed by atoms with Crippen LogP contribution in [0.5, 0.6) is 11.5 Å². The van der Waals surface area contributed by atoms with E-state index in [1.165, 1.54) is 0 Å². The number of anilines is 1. The third-order valence-corrected chi connectivity index (χ3v) is 7.07. The van der Waals surface area contributed by atoms with Gasteiger partial charge in [-0.05, 0) is 66.8 Å². The Kier molecular flexibility index (Phi) is 7.90. The average Bonchev–Trinajstić information content (AvgIpc) is 3.36. The topological polar surface area (TPSA) is 109 Å². The maximum atomic E-state index is 12.9. The smallest absolute Gasteiger partial charge is 0.325 e. The van der Waals surface area contributed by atoms with Gasteiger partial charge in [-0.1, -0.05) is 19.1 Å². The van der Waals surface area contributed by atoms with Crippen molar-refractivity contribution in [3.63, 3.8) is 0 Å². The Hall–Kier alpha value is -4.21. The molecule has 0 saturated carbocycles. The molecule has 39 heavy (non-hydrogen) atoms. The van der Waals surface area contributed by atoms with Gasteiger partial charge in [-0.25, -0.2) is 9.78 Å². The number of aromatic nitrogens is 2. The number of amides is 2. The van der Waals surface area contributed by atoms with Gasteiger partial charge in [-0.2, -0.15) is 0 Å². The molecule has 0 spiro atoms. The second-order valence-corrected chi connectivity index (χ2v) is 9.75. The number of pyridine rings is 1. The molecule has 0 atom stereocenters. The van der Waals surface area contributed by atoms with Crippen molar-refractivity contribution in [2.45, 2.75) is 38.8 Å². The van der Waals surface area contributed by atoms with E-state index in [1.54, 1.807) is 36.1 Å². The quantitative estimate of drug-likeness (QED) is 0.319. The first-order valence-electron chi connectivity index (χ1n) is 13.2. The fourth-order valence-electron chi connectivity index (χ4n) is 4.83. The number of aliphatic hydroxyl groups is 1. The molecular formula is C30H33N5O4. The lowest BCUT2D eigenvalue weighted by atomic mass is 10.1. The molecule has 9 heteroatoms. The fourth-order valence-corrected chi connectivity index (χ4v) is 4.83. The number of carbonyl (C=O) groups is 2. The predicted molar refractivity (Wildman–Crippen MR) is 150 cm³/mol. The third-order valence-electron chi connectivity index (χ3n) is 7.07. The molecule has 1 aliphatic rings. The lowest BCUT2D eigenvalue weighted by Gasteiger charge is -2.29. The largest absolute Gasteiger partial charge is 0.457 e. The Morgan fingerprint density at radius 3 is 2.56 bits per heavy atom. The summed E-state index contributed by atoms with van der Waals surface area (Å²) in [4.78, 5) is 31.7. The number of likely N-dealkylation sites (tertiary alicyclic amines) is 1.